The minimum atomic E-state index is -0.397. The maximum Gasteiger partial charge on any atom is 0.336 e. The van der Waals surface area contributed by atoms with Gasteiger partial charge in [0.2, 0.25) is 0 Å². The van der Waals surface area contributed by atoms with Gasteiger partial charge in [-0.2, -0.15) is 0 Å². The van der Waals surface area contributed by atoms with E-state index in [2.05, 4.69) is 0 Å². The lowest BCUT2D eigenvalue weighted by atomic mass is 10.1. The van der Waals surface area contributed by atoms with Crippen LogP contribution in [0.1, 0.15) is 19.3 Å². The van der Waals surface area contributed by atoms with Gasteiger partial charge in [0.05, 0.1) is 37.4 Å². The lowest BCUT2D eigenvalue weighted by Gasteiger charge is -2.10. The van der Waals surface area contributed by atoms with Crippen LogP contribution in [-0.4, -0.2) is 20.3 Å². The minimum Gasteiger partial charge on any atom is -0.497 e. The number of hydrogen-bond acceptors (Lipinski definition) is 6. The highest BCUT2D eigenvalue weighted by atomic mass is 16.5. The van der Waals surface area contributed by atoms with Gasteiger partial charge < -0.3 is 23.0 Å². The van der Waals surface area contributed by atoms with E-state index in [1.165, 1.54) is 6.07 Å². The van der Waals surface area contributed by atoms with Gasteiger partial charge in [0.25, 0.3) is 0 Å². The van der Waals surface area contributed by atoms with Crippen molar-refractivity contribution in [2.45, 2.75) is 19.3 Å². The maximum atomic E-state index is 11.5. The molecule has 2 aromatic carbocycles. The van der Waals surface area contributed by atoms with Gasteiger partial charge >= 0.3 is 5.63 Å². The van der Waals surface area contributed by atoms with Gasteiger partial charge in [-0.3, -0.25) is 0 Å². The van der Waals surface area contributed by atoms with Gasteiger partial charge in [-0.1, -0.05) is 0 Å². The normalized spacial score (nSPS) is 11.1. The monoisotopic (exact) mass is 394 g/mol. The highest BCUT2D eigenvalue weighted by Gasteiger charge is 2.13. The number of ether oxygens (including phenoxy) is 3. The summed E-state index contributed by atoms with van der Waals surface area (Å²) >= 11 is 0. The van der Waals surface area contributed by atoms with E-state index in [0.717, 1.165) is 41.5 Å². The molecule has 0 saturated heterocycles. The fraction of sp³-hybridized carbons (Fsp3) is 0.261. The lowest BCUT2D eigenvalue weighted by Crippen LogP contribution is -2.02. The Labute approximate surface area is 167 Å². The second-order valence-electron chi connectivity index (χ2n) is 6.64. The van der Waals surface area contributed by atoms with E-state index in [-0.39, 0.29) is 0 Å². The molecule has 0 amide bonds. The van der Waals surface area contributed by atoms with Crippen LogP contribution < -0.4 is 19.8 Å². The van der Waals surface area contributed by atoms with Crippen molar-refractivity contribution < 1.29 is 23.0 Å². The van der Waals surface area contributed by atoms with E-state index in [4.69, 9.17) is 23.0 Å². The molecule has 4 rings (SSSR count). The summed E-state index contributed by atoms with van der Waals surface area (Å²) in [5.41, 5.74) is 0.698. The molecule has 6 heteroatoms. The van der Waals surface area contributed by atoms with E-state index in [1.54, 1.807) is 25.5 Å². The van der Waals surface area contributed by atoms with E-state index in [0.29, 0.717) is 30.1 Å². The summed E-state index contributed by atoms with van der Waals surface area (Å²) in [6, 6.07) is 14.3. The van der Waals surface area contributed by atoms with Crippen LogP contribution >= 0.6 is 0 Å². The molecule has 0 aliphatic carbocycles. The van der Waals surface area contributed by atoms with Crippen molar-refractivity contribution in [2.75, 3.05) is 20.3 Å². The molecule has 0 bridgehead atoms. The van der Waals surface area contributed by atoms with Gasteiger partial charge in [-0.05, 0) is 55.7 Å². The Kier molecular flexibility index (Phi) is 5.70. The highest BCUT2D eigenvalue weighted by Crippen LogP contribution is 2.35. The summed E-state index contributed by atoms with van der Waals surface area (Å²) in [6.07, 6.45) is 4.40. The fourth-order valence-corrected chi connectivity index (χ4v) is 3.18. The van der Waals surface area contributed by atoms with Crippen LogP contribution in [0.3, 0.4) is 0 Å². The van der Waals surface area contributed by atoms with Crippen molar-refractivity contribution in [2.24, 2.45) is 0 Å². The fourth-order valence-electron chi connectivity index (χ4n) is 3.18. The number of hydrogen-bond donors (Lipinski definition) is 0. The second kappa shape index (κ2) is 8.73. The molecular weight excluding hydrogens is 372 g/mol. The molecule has 0 unspecified atom stereocenters. The van der Waals surface area contributed by atoms with Gasteiger partial charge in [0.15, 0.2) is 0 Å². The van der Waals surface area contributed by atoms with Gasteiger partial charge in [0, 0.05) is 12.1 Å². The minimum absolute atomic E-state index is 0.397. The number of methoxy groups -OCH3 is 1. The van der Waals surface area contributed by atoms with Crippen molar-refractivity contribution in [3.8, 4) is 17.2 Å². The lowest BCUT2D eigenvalue weighted by molar-refractivity contribution is 0.282. The predicted molar refractivity (Wildman–Crippen MR) is 110 cm³/mol. The largest absolute Gasteiger partial charge is 0.497 e. The third-order valence-corrected chi connectivity index (χ3v) is 4.67. The SMILES string of the molecule is COc1ccc(OCCCCCOc2c3ccoc3cc3oc(=O)ccc23)cc1. The first-order valence-electron chi connectivity index (χ1n) is 9.58. The summed E-state index contributed by atoms with van der Waals surface area (Å²) in [6.45, 7) is 1.21. The summed E-state index contributed by atoms with van der Waals surface area (Å²) in [5, 5.41) is 1.63. The van der Waals surface area contributed by atoms with Crippen LogP contribution in [0.4, 0.5) is 0 Å². The van der Waals surface area contributed by atoms with E-state index < -0.39 is 5.63 Å². The Bertz CT molecular complexity index is 1140. The molecule has 0 radical (unpaired) electrons. The summed E-state index contributed by atoms with van der Waals surface area (Å²) in [7, 11) is 1.64. The van der Waals surface area contributed by atoms with Gasteiger partial charge in [-0.15, -0.1) is 0 Å². The zero-order chi connectivity index (χ0) is 20.1. The Morgan fingerprint density at radius 3 is 2.31 bits per heavy atom. The van der Waals surface area contributed by atoms with Crippen molar-refractivity contribution in [3.63, 3.8) is 0 Å². The standard InChI is InChI=1S/C23H22O6/c1-25-16-5-7-17(8-6-16)26-12-3-2-4-13-28-23-18-9-10-22(24)29-21(18)15-20-19(23)11-14-27-20/h5-11,14-15H,2-4,12-13H2,1H3. The molecule has 4 aromatic rings. The Morgan fingerprint density at radius 2 is 1.52 bits per heavy atom. The molecule has 150 valence electrons. The van der Waals surface area contributed by atoms with Crippen molar-refractivity contribution in [1.82, 2.24) is 0 Å². The molecule has 0 atom stereocenters. The Morgan fingerprint density at radius 1 is 0.793 bits per heavy atom. The molecule has 6 nitrogen and oxygen atoms in total. The van der Waals surface area contributed by atoms with Crippen LogP contribution in [0, 0.1) is 0 Å². The van der Waals surface area contributed by atoms with Crippen LogP contribution in [0.5, 0.6) is 17.2 Å². The van der Waals surface area contributed by atoms with E-state index in [1.807, 2.05) is 30.3 Å². The first-order chi connectivity index (χ1) is 14.2. The van der Waals surface area contributed by atoms with E-state index in [9.17, 15) is 4.79 Å². The molecule has 2 aromatic heterocycles. The molecule has 0 N–H and O–H groups in total. The van der Waals surface area contributed by atoms with Crippen molar-refractivity contribution in [3.05, 3.63) is 65.2 Å². The number of fused-ring (bicyclic) bond motifs is 2. The average Bonchev–Trinajstić information content (AvgIpc) is 3.21. The van der Waals surface area contributed by atoms with Crippen LogP contribution in [0.25, 0.3) is 21.9 Å². The molecule has 0 aliphatic heterocycles. The number of benzene rings is 2. The number of rotatable bonds is 9. The van der Waals surface area contributed by atoms with Gasteiger partial charge in [-0.25, -0.2) is 4.79 Å². The maximum absolute atomic E-state index is 11.5. The van der Waals surface area contributed by atoms with E-state index >= 15 is 0 Å². The summed E-state index contributed by atoms with van der Waals surface area (Å²) in [5.74, 6) is 2.33. The molecule has 2 heterocycles. The highest BCUT2D eigenvalue weighted by molar-refractivity contribution is 6.01. The smallest absolute Gasteiger partial charge is 0.336 e. The molecular formula is C23H22O6. The topological polar surface area (TPSA) is 71.0 Å². The first kappa shape index (κ1) is 18.9. The molecule has 0 saturated carbocycles. The van der Waals surface area contributed by atoms with Crippen molar-refractivity contribution >= 4 is 21.9 Å². The molecule has 29 heavy (non-hydrogen) atoms. The second-order valence-corrected chi connectivity index (χ2v) is 6.64. The zero-order valence-electron chi connectivity index (χ0n) is 16.2. The van der Waals surface area contributed by atoms with Crippen molar-refractivity contribution in [1.29, 1.82) is 0 Å². The number of unbranched alkanes of at least 4 members (excludes halogenated alkanes) is 2. The number of furan rings is 1. The quantitative estimate of drug-likeness (QED) is 0.288. The summed E-state index contributed by atoms with van der Waals surface area (Å²) in [4.78, 5) is 11.5. The van der Waals surface area contributed by atoms with Crippen LogP contribution in [-0.2, 0) is 0 Å². The summed E-state index contributed by atoms with van der Waals surface area (Å²) < 4.78 is 27.6. The first-order valence-corrected chi connectivity index (χ1v) is 9.58. The Hall–Kier alpha value is -3.41. The van der Waals surface area contributed by atoms with Gasteiger partial charge in [0.1, 0.15) is 28.4 Å². The average molecular weight is 394 g/mol. The molecule has 0 spiro atoms. The zero-order valence-corrected chi connectivity index (χ0v) is 16.2. The third-order valence-electron chi connectivity index (χ3n) is 4.67. The third kappa shape index (κ3) is 4.37. The van der Waals surface area contributed by atoms with Crippen LogP contribution in [0.15, 0.2) is 68.4 Å². The van der Waals surface area contributed by atoms with Crippen LogP contribution in [0.2, 0.25) is 0 Å². The molecule has 0 aliphatic rings. The predicted octanol–water partition coefficient (Wildman–Crippen LogP) is 5.18. The molecule has 0 fully saturated rings. The Balaban J connectivity index is 1.29.